The lowest BCUT2D eigenvalue weighted by molar-refractivity contribution is -0.156. The van der Waals surface area contributed by atoms with Crippen molar-refractivity contribution in [3.63, 3.8) is 0 Å². The van der Waals surface area contributed by atoms with Crippen LogP contribution in [0.5, 0.6) is 0 Å². The summed E-state index contributed by atoms with van der Waals surface area (Å²) in [5.41, 5.74) is 3.46. The van der Waals surface area contributed by atoms with Gasteiger partial charge in [0.05, 0.1) is 6.04 Å². The zero-order valence-electron chi connectivity index (χ0n) is 11.2. The number of hydrogen-bond acceptors (Lipinski definition) is 2. The molecule has 0 aromatic heterocycles. The number of likely N-dealkylation sites (N-methyl/N-ethyl adjacent to an activating group) is 2. The molecule has 1 aliphatic rings. The molecule has 96 valence electrons. The maximum absolute atomic E-state index is 11.8. The summed E-state index contributed by atoms with van der Waals surface area (Å²) in [5.74, 6) is -0.868. The molecule has 1 atom stereocenters. The molecule has 1 aromatic rings. The molecule has 1 aliphatic heterocycles. The highest BCUT2D eigenvalue weighted by atomic mass is 16.2. The van der Waals surface area contributed by atoms with E-state index in [0.717, 1.165) is 11.1 Å². The molecule has 0 aliphatic carbocycles. The number of amides is 2. The van der Waals surface area contributed by atoms with Gasteiger partial charge < -0.3 is 9.80 Å². The largest absolute Gasteiger partial charge is 0.335 e. The van der Waals surface area contributed by atoms with E-state index in [2.05, 4.69) is 6.07 Å². The maximum atomic E-state index is 11.8. The van der Waals surface area contributed by atoms with E-state index in [-0.39, 0.29) is 6.04 Å². The molecule has 2 amide bonds. The molecule has 4 heteroatoms. The van der Waals surface area contributed by atoms with Gasteiger partial charge in [0.25, 0.3) is 0 Å². The van der Waals surface area contributed by atoms with Crippen molar-refractivity contribution in [1.82, 2.24) is 9.80 Å². The van der Waals surface area contributed by atoms with Gasteiger partial charge in [-0.1, -0.05) is 23.8 Å². The van der Waals surface area contributed by atoms with Crippen molar-refractivity contribution in [3.8, 4) is 0 Å². The predicted octanol–water partition coefficient (Wildman–Crippen LogP) is 1.27. The van der Waals surface area contributed by atoms with Gasteiger partial charge in [-0.2, -0.15) is 0 Å². The van der Waals surface area contributed by atoms with Crippen LogP contribution in [-0.2, 0) is 9.59 Å². The molecule has 0 bridgehead atoms. The Hall–Kier alpha value is -1.84. The number of nitrogens with zero attached hydrogens (tertiary/aromatic N) is 2. The van der Waals surface area contributed by atoms with E-state index in [1.807, 2.05) is 26.0 Å². The SMILES string of the molecule is Cc1ccc(C2CN(C)C(=O)C(=O)N2C)c(C)c1. The Balaban J connectivity index is 2.38. The zero-order valence-corrected chi connectivity index (χ0v) is 11.2. The lowest BCUT2D eigenvalue weighted by Crippen LogP contribution is -2.52. The van der Waals surface area contributed by atoms with Crippen LogP contribution in [0.3, 0.4) is 0 Å². The lowest BCUT2D eigenvalue weighted by Gasteiger charge is -2.37. The average molecular weight is 246 g/mol. The Morgan fingerprint density at radius 1 is 1.11 bits per heavy atom. The first-order valence-electron chi connectivity index (χ1n) is 6.01. The fourth-order valence-electron chi connectivity index (χ4n) is 2.43. The average Bonchev–Trinajstić information content (AvgIpc) is 2.32. The Bertz CT molecular complexity index is 511. The summed E-state index contributed by atoms with van der Waals surface area (Å²) in [6.45, 7) is 4.63. The first-order chi connectivity index (χ1) is 8.41. The van der Waals surface area contributed by atoms with Gasteiger partial charge in [-0.3, -0.25) is 9.59 Å². The number of aryl methyl sites for hydroxylation is 2. The molecular weight excluding hydrogens is 228 g/mol. The van der Waals surface area contributed by atoms with Crippen LogP contribution in [0.2, 0.25) is 0 Å². The van der Waals surface area contributed by atoms with Gasteiger partial charge in [-0.05, 0) is 25.0 Å². The second-order valence-corrected chi connectivity index (χ2v) is 4.98. The molecule has 1 saturated heterocycles. The normalized spacial score (nSPS) is 20.6. The van der Waals surface area contributed by atoms with E-state index < -0.39 is 11.8 Å². The van der Waals surface area contributed by atoms with Crippen molar-refractivity contribution in [2.75, 3.05) is 20.6 Å². The second kappa shape index (κ2) is 4.44. The third kappa shape index (κ3) is 1.98. The Labute approximate surface area is 107 Å². The highest BCUT2D eigenvalue weighted by Crippen LogP contribution is 2.27. The number of rotatable bonds is 1. The molecule has 18 heavy (non-hydrogen) atoms. The first-order valence-corrected chi connectivity index (χ1v) is 6.01. The summed E-state index contributed by atoms with van der Waals surface area (Å²) in [6.07, 6.45) is 0. The molecule has 1 heterocycles. The predicted molar refractivity (Wildman–Crippen MR) is 69.1 cm³/mol. The smallest absolute Gasteiger partial charge is 0.312 e. The number of carbonyl (C=O) groups is 2. The van der Waals surface area contributed by atoms with Crippen LogP contribution in [0.15, 0.2) is 18.2 Å². The summed E-state index contributed by atoms with van der Waals surface area (Å²) in [4.78, 5) is 26.5. The standard InChI is InChI=1S/C14H18N2O2/c1-9-5-6-11(10(2)7-9)12-8-15(3)13(17)14(18)16(12)4/h5-7,12H,8H2,1-4H3. The highest BCUT2D eigenvalue weighted by molar-refractivity contribution is 6.35. The van der Waals surface area contributed by atoms with Crippen molar-refractivity contribution in [1.29, 1.82) is 0 Å². The van der Waals surface area contributed by atoms with E-state index >= 15 is 0 Å². The zero-order chi connectivity index (χ0) is 13.4. The van der Waals surface area contributed by atoms with Crippen LogP contribution in [0.1, 0.15) is 22.7 Å². The minimum Gasteiger partial charge on any atom is -0.335 e. The van der Waals surface area contributed by atoms with Gasteiger partial charge in [0.15, 0.2) is 0 Å². The molecule has 4 nitrogen and oxygen atoms in total. The summed E-state index contributed by atoms with van der Waals surface area (Å²) < 4.78 is 0. The minimum absolute atomic E-state index is 0.0548. The fourth-order valence-corrected chi connectivity index (χ4v) is 2.43. The van der Waals surface area contributed by atoms with E-state index in [1.54, 1.807) is 19.0 Å². The third-order valence-corrected chi connectivity index (χ3v) is 3.55. The second-order valence-electron chi connectivity index (χ2n) is 4.98. The monoisotopic (exact) mass is 246 g/mol. The van der Waals surface area contributed by atoms with Crippen LogP contribution in [-0.4, -0.2) is 42.3 Å². The molecular formula is C14H18N2O2. The summed E-state index contributed by atoms with van der Waals surface area (Å²) in [6, 6.07) is 6.13. The van der Waals surface area contributed by atoms with Gasteiger partial charge in [-0.25, -0.2) is 0 Å². The quantitative estimate of drug-likeness (QED) is 0.700. The van der Waals surface area contributed by atoms with Gasteiger partial charge in [0.1, 0.15) is 0 Å². The molecule has 0 spiro atoms. The summed E-state index contributed by atoms with van der Waals surface area (Å²) in [7, 11) is 3.36. The Morgan fingerprint density at radius 3 is 2.39 bits per heavy atom. The van der Waals surface area contributed by atoms with Crippen molar-refractivity contribution in [2.45, 2.75) is 19.9 Å². The number of carbonyl (C=O) groups excluding carboxylic acids is 2. The molecule has 1 fully saturated rings. The Morgan fingerprint density at radius 2 is 1.78 bits per heavy atom. The number of piperazine rings is 1. The van der Waals surface area contributed by atoms with Gasteiger partial charge in [0, 0.05) is 20.6 Å². The first kappa shape index (κ1) is 12.6. The van der Waals surface area contributed by atoms with E-state index in [9.17, 15) is 9.59 Å². The molecule has 1 aromatic carbocycles. The summed E-state index contributed by atoms with van der Waals surface area (Å²) in [5, 5.41) is 0. The van der Waals surface area contributed by atoms with E-state index in [1.165, 1.54) is 10.5 Å². The van der Waals surface area contributed by atoms with Crippen LogP contribution in [0.25, 0.3) is 0 Å². The van der Waals surface area contributed by atoms with Crippen molar-refractivity contribution in [2.24, 2.45) is 0 Å². The maximum Gasteiger partial charge on any atom is 0.312 e. The molecule has 0 N–H and O–H groups in total. The molecule has 0 saturated carbocycles. The van der Waals surface area contributed by atoms with Crippen molar-refractivity contribution in [3.05, 3.63) is 34.9 Å². The third-order valence-electron chi connectivity index (χ3n) is 3.55. The number of benzene rings is 1. The van der Waals surface area contributed by atoms with Crippen LogP contribution < -0.4 is 0 Å². The van der Waals surface area contributed by atoms with Crippen molar-refractivity contribution < 1.29 is 9.59 Å². The molecule has 0 radical (unpaired) electrons. The lowest BCUT2D eigenvalue weighted by atomic mass is 9.96. The van der Waals surface area contributed by atoms with Gasteiger partial charge in [0.2, 0.25) is 0 Å². The topological polar surface area (TPSA) is 40.6 Å². The minimum atomic E-state index is -0.436. The highest BCUT2D eigenvalue weighted by Gasteiger charge is 2.36. The van der Waals surface area contributed by atoms with Crippen LogP contribution in [0, 0.1) is 13.8 Å². The molecule has 2 rings (SSSR count). The molecule has 1 unspecified atom stereocenters. The van der Waals surface area contributed by atoms with E-state index in [0.29, 0.717) is 6.54 Å². The van der Waals surface area contributed by atoms with Crippen LogP contribution >= 0.6 is 0 Å². The van der Waals surface area contributed by atoms with Gasteiger partial charge in [-0.15, -0.1) is 0 Å². The number of hydrogen-bond donors (Lipinski definition) is 0. The Kier molecular flexibility index (Phi) is 3.11. The fraction of sp³-hybridized carbons (Fsp3) is 0.429. The van der Waals surface area contributed by atoms with Gasteiger partial charge >= 0.3 is 11.8 Å². The van der Waals surface area contributed by atoms with Crippen LogP contribution in [0.4, 0.5) is 0 Å². The van der Waals surface area contributed by atoms with Crippen molar-refractivity contribution >= 4 is 11.8 Å². The van der Waals surface area contributed by atoms with E-state index in [4.69, 9.17) is 0 Å². The summed E-state index contributed by atoms with van der Waals surface area (Å²) >= 11 is 0.